The van der Waals surface area contributed by atoms with Gasteiger partial charge in [-0.1, -0.05) is 49.2 Å². The fraction of sp³-hybridized carbons (Fsp3) is 0.524. The first-order valence-corrected chi connectivity index (χ1v) is 9.53. The molecule has 142 valence electrons. The Balaban J connectivity index is 2.13. The third kappa shape index (κ3) is 5.61. The van der Waals surface area contributed by atoms with Gasteiger partial charge < -0.3 is 15.5 Å². The molecule has 0 radical (unpaired) electrons. The van der Waals surface area contributed by atoms with Gasteiger partial charge in [0.1, 0.15) is 0 Å². The van der Waals surface area contributed by atoms with Crippen LogP contribution < -0.4 is 10.6 Å². The second-order valence-electron chi connectivity index (χ2n) is 7.07. The van der Waals surface area contributed by atoms with Gasteiger partial charge in [0.15, 0.2) is 0 Å². The van der Waals surface area contributed by atoms with Gasteiger partial charge in [-0.25, -0.2) is 4.79 Å². The monoisotopic (exact) mass is 357 g/mol. The molecule has 0 bridgehead atoms. The van der Waals surface area contributed by atoms with Crippen LogP contribution in [0.4, 0.5) is 4.79 Å². The predicted octanol–water partition coefficient (Wildman–Crippen LogP) is 3.21. The molecule has 5 nitrogen and oxygen atoms in total. The smallest absolute Gasteiger partial charge is 0.317 e. The van der Waals surface area contributed by atoms with Crippen LogP contribution in [0.5, 0.6) is 0 Å². The Hall–Kier alpha value is -2.30. The van der Waals surface area contributed by atoms with E-state index in [-0.39, 0.29) is 23.8 Å². The Morgan fingerprint density at radius 2 is 2.12 bits per heavy atom. The number of rotatable bonds is 7. The van der Waals surface area contributed by atoms with Gasteiger partial charge in [0.05, 0.1) is 5.92 Å². The van der Waals surface area contributed by atoms with E-state index in [4.69, 9.17) is 0 Å². The van der Waals surface area contributed by atoms with Gasteiger partial charge in [-0.2, -0.15) is 0 Å². The SMILES string of the molecule is C=CCNC(=O)C1CC(c2cccc(C)c2)CN(C(=O)NCCCC)C1. The lowest BCUT2D eigenvalue weighted by atomic mass is 9.83. The molecule has 0 saturated carbocycles. The Morgan fingerprint density at radius 3 is 2.81 bits per heavy atom. The lowest BCUT2D eigenvalue weighted by molar-refractivity contribution is -0.126. The maximum Gasteiger partial charge on any atom is 0.317 e. The van der Waals surface area contributed by atoms with Gasteiger partial charge in [-0.3, -0.25) is 4.79 Å². The van der Waals surface area contributed by atoms with Crippen LogP contribution in [0.3, 0.4) is 0 Å². The number of benzene rings is 1. The summed E-state index contributed by atoms with van der Waals surface area (Å²) in [6.45, 7) is 10.0. The van der Waals surface area contributed by atoms with Crippen molar-refractivity contribution in [2.24, 2.45) is 5.92 Å². The van der Waals surface area contributed by atoms with Crippen molar-refractivity contribution in [3.05, 3.63) is 48.0 Å². The van der Waals surface area contributed by atoms with Gasteiger partial charge in [0.2, 0.25) is 5.91 Å². The minimum Gasteiger partial charge on any atom is -0.352 e. The average molecular weight is 357 g/mol. The van der Waals surface area contributed by atoms with Gasteiger partial charge in [-0.05, 0) is 25.3 Å². The summed E-state index contributed by atoms with van der Waals surface area (Å²) in [6.07, 6.45) is 4.43. The van der Waals surface area contributed by atoms with Crippen LogP contribution in [-0.2, 0) is 4.79 Å². The number of likely N-dealkylation sites (tertiary alicyclic amines) is 1. The minimum atomic E-state index is -0.203. The van der Waals surface area contributed by atoms with Crippen molar-refractivity contribution in [3.8, 4) is 0 Å². The Morgan fingerprint density at radius 1 is 1.31 bits per heavy atom. The maximum atomic E-state index is 12.6. The summed E-state index contributed by atoms with van der Waals surface area (Å²) >= 11 is 0. The Labute approximate surface area is 156 Å². The zero-order chi connectivity index (χ0) is 18.9. The molecule has 3 amide bonds. The summed E-state index contributed by atoms with van der Waals surface area (Å²) in [5.74, 6) is -0.0418. The minimum absolute atomic E-state index is 0.00592. The second-order valence-corrected chi connectivity index (χ2v) is 7.07. The molecular weight excluding hydrogens is 326 g/mol. The number of hydrogen-bond acceptors (Lipinski definition) is 2. The van der Waals surface area contributed by atoms with E-state index in [1.165, 1.54) is 11.1 Å². The molecule has 1 aromatic rings. The van der Waals surface area contributed by atoms with E-state index in [0.717, 1.165) is 19.3 Å². The highest BCUT2D eigenvalue weighted by Crippen LogP contribution is 2.31. The fourth-order valence-corrected chi connectivity index (χ4v) is 3.42. The van der Waals surface area contributed by atoms with Crippen LogP contribution in [0.1, 0.15) is 43.2 Å². The van der Waals surface area contributed by atoms with E-state index in [0.29, 0.717) is 26.2 Å². The van der Waals surface area contributed by atoms with Crippen molar-refractivity contribution < 1.29 is 9.59 Å². The van der Waals surface area contributed by atoms with Crippen molar-refractivity contribution >= 4 is 11.9 Å². The van der Waals surface area contributed by atoms with Crippen molar-refractivity contribution in [1.82, 2.24) is 15.5 Å². The zero-order valence-corrected chi connectivity index (χ0v) is 16.0. The van der Waals surface area contributed by atoms with E-state index in [1.54, 1.807) is 11.0 Å². The normalized spacial score (nSPS) is 19.7. The molecule has 1 fully saturated rings. The van der Waals surface area contributed by atoms with Crippen LogP contribution in [-0.4, -0.2) is 43.0 Å². The lowest BCUT2D eigenvalue weighted by Crippen LogP contribution is -2.51. The molecule has 0 aromatic heterocycles. The molecule has 2 unspecified atom stereocenters. The predicted molar refractivity (Wildman–Crippen MR) is 105 cm³/mol. The van der Waals surface area contributed by atoms with Crippen LogP contribution in [0.15, 0.2) is 36.9 Å². The highest BCUT2D eigenvalue weighted by Gasteiger charge is 2.34. The molecule has 2 N–H and O–H groups in total. The Kier molecular flexibility index (Phi) is 7.70. The molecule has 2 rings (SSSR count). The van der Waals surface area contributed by atoms with E-state index < -0.39 is 0 Å². The topological polar surface area (TPSA) is 61.4 Å². The first kappa shape index (κ1) is 20.0. The highest BCUT2D eigenvalue weighted by molar-refractivity contribution is 5.81. The number of hydrogen-bond donors (Lipinski definition) is 2. The Bertz CT molecular complexity index is 629. The highest BCUT2D eigenvalue weighted by atomic mass is 16.2. The van der Waals surface area contributed by atoms with Crippen LogP contribution >= 0.6 is 0 Å². The summed E-state index contributed by atoms with van der Waals surface area (Å²) in [4.78, 5) is 26.9. The van der Waals surface area contributed by atoms with Crippen LogP contribution in [0.25, 0.3) is 0 Å². The summed E-state index contributed by atoms with van der Waals surface area (Å²) < 4.78 is 0. The third-order valence-corrected chi connectivity index (χ3v) is 4.85. The van der Waals surface area contributed by atoms with E-state index >= 15 is 0 Å². The van der Waals surface area contributed by atoms with Crippen LogP contribution in [0.2, 0.25) is 0 Å². The molecule has 1 aromatic carbocycles. The first-order valence-electron chi connectivity index (χ1n) is 9.53. The summed E-state index contributed by atoms with van der Waals surface area (Å²) in [7, 11) is 0. The molecule has 0 aliphatic carbocycles. The molecule has 5 heteroatoms. The fourth-order valence-electron chi connectivity index (χ4n) is 3.42. The van der Waals surface area contributed by atoms with E-state index in [2.05, 4.69) is 49.3 Å². The van der Waals surface area contributed by atoms with Crippen molar-refractivity contribution in [2.75, 3.05) is 26.2 Å². The lowest BCUT2D eigenvalue weighted by Gasteiger charge is -2.37. The molecule has 0 spiro atoms. The van der Waals surface area contributed by atoms with Gasteiger partial charge >= 0.3 is 6.03 Å². The number of urea groups is 1. The molecule has 2 atom stereocenters. The summed E-state index contributed by atoms with van der Waals surface area (Å²) in [6, 6.07) is 8.28. The maximum absolute atomic E-state index is 12.6. The molecule has 26 heavy (non-hydrogen) atoms. The number of carbonyl (C=O) groups is 2. The number of unbranched alkanes of at least 4 members (excludes halogenated alkanes) is 1. The van der Waals surface area contributed by atoms with Crippen molar-refractivity contribution in [3.63, 3.8) is 0 Å². The molecule has 1 heterocycles. The zero-order valence-electron chi connectivity index (χ0n) is 16.0. The van der Waals surface area contributed by atoms with Crippen molar-refractivity contribution in [1.29, 1.82) is 0 Å². The van der Waals surface area contributed by atoms with Gasteiger partial charge in [0, 0.05) is 32.1 Å². The first-order chi connectivity index (χ1) is 12.5. The third-order valence-electron chi connectivity index (χ3n) is 4.85. The van der Waals surface area contributed by atoms with Gasteiger partial charge in [-0.15, -0.1) is 6.58 Å². The quantitative estimate of drug-likeness (QED) is 0.581. The van der Waals surface area contributed by atoms with E-state index in [9.17, 15) is 9.59 Å². The average Bonchev–Trinajstić information content (AvgIpc) is 2.65. The molecule has 1 saturated heterocycles. The largest absolute Gasteiger partial charge is 0.352 e. The number of aryl methyl sites for hydroxylation is 1. The van der Waals surface area contributed by atoms with Gasteiger partial charge in [0.25, 0.3) is 0 Å². The van der Waals surface area contributed by atoms with E-state index in [1.807, 2.05) is 6.07 Å². The molecule has 1 aliphatic rings. The standard InChI is InChI=1S/C21H31N3O2/c1-4-6-11-23-21(26)24-14-18(17-9-7-8-16(3)12-17)13-19(15-24)20(25)22-10-5-2/h5,7-9,12,18-19H,2,4,6,10-11,13-15H2,1,3H3,(H,22,25)(H,23,26). The summed E-state index contributed by atoms with van der Waals surface area (Å²) in [5, 5.41) is 5.86. The molecular formula is C21H31N3O2. The summed E-state index contributed by atoms with van der Waals surface area (Å²) in [5.41, 5.74) is 2.39. The molecule has 1 aliphatic heterocycles. The number of nitrogens with one attached hydrogen (secondary N) is 2. The number of carbonyl (C=O) groups excluding carboxylic acids is 2. The number of piperidine rings is 1. The van der Waals surface area contributed by atoms with Crippen LogP contribution in [0, 0.1) is 12.8 Å². The number of amides is 3. The van der Waals surface area contributed by atoms with Crippen molar-refractivity contribution in [2.45, 2.75) is 39.0 Å². The number of nitrogens with zero attached hydrogens (tertiary/aromatic N) is 1. The second kappa shape index (κ2) is 10.00.